The molecule has 0 spiro atoms. The lowest BCUT2D eigenvalue weighted by Gasteiger charge is -2.34. The lowest BCUT2D eigenvalue weighted by molar-refractivity contribution is -0.121. The third-order valence-corrected chi connectivity index (χ3v) is 4.92. The number of nitrogens with zero attached hydrogens (tertiary/aromatic N) is 4. The van der Waals surface area contributed by atoms with Gasteiger partial charge in [0.25, 0.3) is 0 Å². The molecule has 0 unspecified atom stereocenters. The van der Waals surface area contributed by atoms with Crippen molar-refractivity contribution in [1.82, 2.24) is 20.0 Å². The summed E-state index contributed by atoms with van der Waals surface area (Å²) in [5, 5.41) is 8.04. The number of benzene rings is 1. The van der Waals surface area contributed by atoms with Gasteiger partial charge in [0.2, 0.25) is 5.91 Å². The first kappa shape index (κ1) is 16.3. The number of fused-ring (bicyclic) bond motifs is 1. The molecule has 1 amide bonds. The molecule has 2 aromatic rings. The van der Waals surface area contributed by atoms with E-state index in [2.05, 4.69) is 58.1 Å². The molecule has 0 aliphatic carbocycles. The molecule has 1 fully saturated rings. The summed E-state index contributed by atoms with van der Waals surface area (Å²) in [6, 6.07) is 8.49. The van der Waals surface area contributed by atoms with Gasteiger partial charge in [-0.05, 0) is 43.2 Å². The van der Waals surface area contributed by atoms with Crippen molar-refractivity contribution in [2.45, 2.75) is 33.5 Å². The average molecular weight is 339 g/mol. The van der Waals surface area contributed by atoms with Gasteiger partial charge in [0, 0.05) is 38.4 Å². The SMILES string of the molecule is Cc1cc(C)cc(N2CCN(Cc3cc4n(n3)CCNC4)CC2=O)c1. The number of amides is 1. The smallest absolute Gasteiger partial charge is 0.241 e. The first-order valence-electron chi connectivity index (χ1n) is 8.96. The Morgan fingerprint density at radius 1 is 1.08 bits per heavy atom. The topological polar surface area (TPSA) is 53.4 Å². The number of aromatic nitrogens is 2. The van der Waals surface area contributed by atoms with Crippen molar-refractivity contribution in [2.24, 2.45) is 0 Å². The molecule has 6 nitrogen and oxygen atoms in total. The van der Waals surface area contributed by atoms with Gasteiger partial charge in [-0.15, -0.1) is 0 Å². The van der Waals surface area contributed by atoms with Gasteiger partial charge in [-0.2, -0.15) is 5.10 Å². The summed E-state index contributed by atoms with van der Waals surface area (Å²) < 4.78 is 2.08. The number of piperazine rings is 1. The summed E-state index contributed by atoms with van der Waals surface area (Å²) in [5.74, 6) is 0.168. The molecule has 4 rings (SSSR count). The predicted molar refractivity (Wildman–Crippen MR) is 97.5 cm³/mol. The summed E-state index contributed by atoms with van der Waals surface area (Å²) in [5.41, 5.74) is 5.71. The highest BCUT2D eigenvalue weighted by Gasteiger charge is 2.26. The van der Waals surface area contributed by atoms with E-state index in [9.17, 15) is 4.79 Å². The van der Waals surface area contributed by atoms with Crippen LogP contribution in [0, 0.1) is 13.8 Å². The highest BCUT2D eigenvalue weighted by Crippen LogP contribution is 2.21. The molecule has 1 N–H and O–H groups in total. The molecule has 2 aliphatic rings. The van der Waals surface area contributed by atoms with Gasteiger partial charge in [0.15, 0.2) is 0 Å². The minimum Gasteiger partial charge on any atom is -0.310 e. The van der Waals surface area contributed by atoms with E-state index >= 15 is 0 Å². The number of hydrogen-bond donors (Lipinski definition) is 1. The van der Waals surface area contributed by atoms with Crippen molar-refractivity contribution >= 4 is 11.6 Å². The van der Waals surface area contributed by atoms with Crippen LogP contribution in [-0.4, -0.2) is 46.8 Å². The van der Waals surface area contributed by atoms with E-state index in [0.717, 1.165) is 50.6 Å². The molecule has 3 heterocycles. The maximum absolute atomic E-state index is 12.7. The average Bonchev–Trinajstić information content (AvgIpc) is 2.96. The third-order valence-electron chi connectivity index (χ3n) is 4.92. The molecule has 6 heteroatoms. The molecular weight excluding hydrogens is 314 g/mol. The zero-order valence-electron chi connectivity index (χ0n) is 15.0. The fourth-order valence-electron chi connectivity index (χ4n) is 3.80. The summed E-state index contributed by atoms with van der Waals surface area (Å²) in [7, 11) is 0. The number of aryl methyl sites for hydroxylation is 2. The van der Waals surface area contributed by atoms with Crippen LogP contribution in [0.4, 0.5) is 5.69 Å². The Balaban J connectivity index is 1.42. The molecule has 25 heavy (non-hydrogen) atoms. The molecule has 1 saturated heterocycles. The first-order valence-corrected chi connectivity index (χ1v) is 8.96. The molecule has 1 aromatic heterocycles. The zero-order chi connectivity index (χ0) is 17.4. The third kappa shape index (κ3) is 3.45. The van der Waals surface area contributed by atoms with Crippen molar-refractivity contribution in [3.8, 4) is 0 Å². The minimum absolute atomic E-state index is 0.168. The number of carbonyl (C=O) groups excluding carboxylic acids is 1. The van der Waals surface area contributed by atoms with Crippen LogP contribution < -0.4 is 10.2 Å². The fourth-order valence-corrected chi connectivity index (χ4v) is 3.80. The lowest BCUT2D eigenvalue weighted by atomic mass is 10.1. The van der Waals surface area contributed by atoms with Gasteiger partial charge in [0.1, 0.15) is 0 Å². The molecule has 2 aliphatic heterocycles. The van der Waals surface area contributed by atoms with Crippen molar-refractivity contribution < 1.29 is 4.79 Å². The van der Waals surface area contributed by atoms with E-state index < -0.39 is 0 Å². The summed E-state index contributed by atoms with van der Waals surface area (Å²) >= 11 is 0. The maximum Gasteiger partial charge on any atom is 0.241 e. The Morgan fingerprint density at radius 2 is 1.88 bits per heavy atom. The number of rotatable bonds is 3. The van der Waals surface area contributed by atoms with Gasteiger partial charge in [-0.3, -0.25) is 14.4 Å². The standard InChI is InChI=1S/C19H25N5O/c1-14-7-15(2)9-17(8-14)23-6-5-22(13-19(23)25)12-16-10-18-11-20-3-4-24(18)21-16/h7-10,20H,3-6,11-13H2,1-2H3. The normalized spacial score (nSPS) is 18.5. The van der Waals surface area contributed by atoms with Crippen molar-refractivity contribution in [3.05, 3.63) is 46.8 Å². The monoisotopic (exact) mass is 339 g/mol. The van der Waals surface area contributed by atoms with Crippen LogP contribution >= 0.6 is 0 Å². The van der Waals surface area contributed by atoms with Crippen LogP contribution in [0.1, 0.15) is 22.5 Å². The Morgan fingerprint density at radius 3 is 2.60 bits per heavy atom. The van der Waals surface area contributed by atoms with E-state index in [0.29, 0.717) is 6.54 Å². The minimum atomic E-state index is 0.168. The summed E-state index contributed by atoms with van der Waals surface area (Å²) in [4.78, 5) is 16.8. The molecule has 132 valence electrons. The molecule has 0 saturated carbocycles. The molecule has 0 radical (unpaired) electrons. The van der Waals surface area contributed by atoms with Gasteiger partial charge in [-0.1, -0.05) is 6.07 Å². The van der Waals surface area contributed by atoms with Crippen LogP contribution in [0.25, 0.3) is 0 Å². The highest BCUT2D eigenvalue weighted by atomic mass is 16.2. The van der Waals surface area contributed by atoms with Crippen LogP contribution in [-0.2, 0) is 24.4 Å². The fraction of sp³-hybridized carbons (Fsp3) is 0.474. The molecule has 0 atom stereocenters. The van der Waals surface area contributed by atoms with Gasteiger partial charge < -0.3 is 10.2 Å². The van der Waals surface area contributed by atoms with Crippen LogP contribution in [0.2, 0.25) is 0 Å². The van der Waals surface area contributed by atoms with Crippen LogP contribution in [0.5, 0.6) is 0 Å². The Kier molecular flexibility index (Phi) is 4.31. The summed E-state index contributed by atoms with van der Waals surface area (Å²) in [6.07, 6.45) is 0. The second-order valence-corrected chi connectivity index (χ2v) is 7.13. The van der Waals surface area contributed by atoms with Crippen LogP contribution in [0.3, 0.4) is 0 Å². The number of nitrogens with one attached hydrogen (secondary N) is 1. The van der Waals surface area contributed by atoms with Crippen molar-refractivity contribution in [3.63, 3.8) is 0 Å². The second-order valence-electron chi connectivity index (χ2n) is 7.13. The lowest BCUT2D eigenvalue weighted by Crippen LogP contribution is -2.50. The molecule has 1 aromatic carbocycles. The predicted octanol–water partition coefficient (Wildman–Crippen LogP) is 1.45. The van der Waals surface area contributed by atoms with Crippen molar-refractivity contribution in [2.75, 3.05) is 31.1 Å². The Labute approximate surface area is 148 Å². The zero-order valence-corrected chi connectivity index (χ0v) is 15.0. The van der Waals surface area contributed by atoms with E-state index in [4.69, 9.17) is 0 Å². The number of carbonyl (C=O) groups is 1. The van der Waals surface area contributed by atoms with E-state index in [1.165, 1.54) is 16.8 Å². The summed E-state index contributed by atoms with van der Waals surface area (Å²) in [6.45, 7) is 9.73. The number of hydrogen-bond acceptors (Lipinski definition) is 4. The second kappa shape index (κ2) is 6.61. The first-order chi connectivity index (χ1) is 12.1. The maximum atomic E-state index is 12.7. The van der Waals surface area contributed by atoms with E-state index in [1.54, 1.807) is 0 Å². The quantitative estimate of drug-likeness (QED) is 0.920. The number of anilines is 1. The van der Waals surface area contributed by atoms with E-state index in [1.807, 2.05) is 4.90 Å². The molecular formula is C19H25N5O. The van der Waals surface area contributed by atoms with E-state index in [-0.39, 0.29) is 5.91 Å². The van der Waals surface area contributed by atoms with Gasteiger partial charge in [-0.25, -0.2) is 0 Å². The van der Waals surface area contributed by atoms with Gasteiger partial charge in [0.05, 0.1) is 24.5 Å². The van der Waals surface area contributed by atoms with Gasteiger partial charge >= 0.3 is 0 Å². The molecule has 0 bridgehead atoms. The highest BCUT2D eigenvalue weighted by molar-refractivity contribution is 5.95. The Bertz CT molecular complexity index is 753. The Hall–Kier alpha value is -2.18. The van der Waals surface area contributed by atoms with Crippen molar-refractivity contribution in [1.29, 1.82) is 0 Å². The largest absolute Gasteiger partial charge is 0.310 e. The van der Waals surface area contributed by atoms with Crippen LogP contribution in [0.15, 0.2) is 24.3 Å².